The molecular weight excluding hydrogens is 190 g/mol. The molecule has 0 spiro atoms. The Morgan fingerprint density at radius 1 is 1.73 bits per heavy atom. The van der Waals surface area contributed by atoms with Gasteiger partial charge >= 0.3 is 0 Å². The number of likely N-dealkylation sites (tertiary alicyclic amines) is 1. The van der Waals surface area contributed by atoms with Crippen molar-refractivity contribution in [1.29, 1.82) is 5.26 Å². The van der Waals surface area contributed by atoms with Gasteiger partial charge in [-0.15, -0.1) is 0 Å². The summed E-state index contributed by atoms with van der Waals surface area (Å²) in [5.41, 5.74) is 0. The average Bonchev–Trinajstić information content (AvgIpc) is 2.56. The Labute approximate surface area is 91.2 Å². The van der Waals surface area contributed by atoms with Gasteiger partial charge < -0.3 is 10.2 Å². The maximum absolute atomic E-state index is 11.4. The van der Waals surface area contributed by atoms with Gasteiger partial charge in [-0.05, 0) is 18.9 Å². The van der Waals surface area contributed by atoms with E-state index in [4.69, 9.17) is 5.26 Å². The van der Waals surface area contributed by atoms with Crippen LogP contribution in [0, 0.1) is 17.2 Å². The fraction of sp³-hybridized carbons (Fsp3) is 0.818. The lowest BCUT2D eigenvalue weighted by Crippen LogP contribution is -2.47. The smallest absolute Gasteiger partial charge is 0.219 e. The number of nitriles is 1. The Morgan fingerprint density at radius 2 is 2.40 bits per heavy atom. The number of hydrogen-bond acceptors (Lipinski definition) is 3. The standard InChI is InChI=1S/C11H19N3O/c1-4-13-10(6-12)11-5-8(2)7-14(11)9(3)15/h8,10-11,13H,4-5,7H2,1-3H3/t8-,10?,11+/m1/s1. The van der Waals surface area contributed by atoms with Crippen molar-refractivity contribution < 1.29 is 4.79 Å². The zero-order valence-corrected chi connectivity index (χ0v) is 9.66. The van der Waals surface area contributed by atoms with E-state index in [1.807, 2.05) is 11.8 Å². The molecular formula is C11H19N3O. The lowest BCUT2D eigenvalue weighted by atomic mass is 10.0. The van der Waals surface area contributed by atoms with Crippen molar-refractivity contribution in [2.45, 2.75) is 39.3 Å². The molecule has 3 atom stereocenters. The first-order chi connectivity index (χ1) is 7.10. The van der Waals surface area contributed by atoms with Crippen LogP contribution in [0.1, 0.15) is 27.2 Å². The molecule has 0 bridgehead atoms. The summed E-state index contributed by atoms with van der Waals surface area (Å²) in [6, 6.07) is 2.06. The largest absolute Gasteiger partial charge is 0.337 e. The van der Waals surface area contributed by atoms with E-state index < -0.39 is 0 Å². The fourth-order valence-electron chi connectivity index (χ4n) is 2.25. The summed E-state index contributed by atoms with van der Waals surface area (Å²) in [6.07, 6.45) is 0.921. The van der Waals surface area contributed by atoms with E-state index in [2.05, 4.69) is 18.3 Å². The van der Waals surface area contributed by atoms with Crippen LogP contribution in [0.5, 0.6) is 0 Å². The molecule has 1 amide bonds. The number of likely N-dealkylation sites (N-methyl/N-ethyl adjacent to an activating group) is 1. The first kappa shape index (κ1) is 12.0. The van der Waals surface area contributed by atoms with Crippen LogP contribution < -0.4 is 5.32 Å². The van der Waals surface area contributed by atoms with Crippen LogP contribution in [0.25, 0.3) is 0 Å². The molecule has 0 aromatic heterocycles. The highest BCUT2D eigenvalue weighted by molar-refractivity contribution is 5.74. The summed E-state index contributed by atoms with van der Waals surface area (Å²) >= 11 is 0. The second kappa shape index (κ2) is 5.13. The van der Waals surface area contributed by atoms with Crippen LogP contribution in [0.4, 0.5) is 0 Å². The normalized spacial score (nSPS) is 27.5. The van der Waals surface area contributed by atoms with Gasteiger partial charge in [-0.25, -0.2) is 0 Å². The summed E-state index contributed by atoms with van der Waals surface area (Å²) in [4.78, 5) is 13.2. The van der Waals surface area contributed by atoms with E-state index in [9.17, 15) is 4.79 Å². The van der Waals surface area contributed by atoms with Crippen molar-refractivity contribution in [3.8, 4) is 6.07 Å². The molecule has 0 saturated carbocycles. The van der Waals surface area contributed by atoms with Crippen LogP contribution in [0.15, 0.2) is 0 Å². The Bertz CT molecular complexity index is 271. The fourth-order valence-corrected chi connectivity index (χ4v) is 2.25. The zero-order chi connectivity index (χ0) is 11.4. The van der Waals surface area contributed by atoms with Gasteiger partial charge in [0.15, 0.2) is 0 Å². The molecule has 1 aliphatic rings. The van der Waals surface area contributed by atoms with Crippen molar-refractivity contribution in [2.24, 2.45) is 5.92 Å². The number of rotatable bonds is 3. The van der Waals surface area contributed by atoms with E-state index in [0.29, 0.717) is 5.92 Å². The Balaban J connectivity index is 2.73. The maximum Gasteiger partial charge on any atom is 0.219 e. The van der Waals surface area contributed by atoms with E-state index in [-0.39, 0.29) is 18.0 Å². The Kier molecular flexibility index (Phi) is 4.10. The molecule has 4 heteroatoms. The van der Waals surface area contributed by atoms with Crippen molar-refractivity contribution in [3.05, 3.63) is 0 Å². The maximum atomic E-state index is 11.4. The molecule has 84 valence electrons. The van der Waals surface area contributed by atoms with Gasteiger partial charge in [-0.3, -0.25) is 4.79 Å². The van der Waals surface area contributed by atoms with Gasteiger partial charge in [0.2, 0.25) is 5.91 Å². The van der Waals surface area contributed by atoms with Crippen molar-refractivity contribution >= 4 is 5.91 Å². The predicted octanol–water partition coefficient (Wildman–Crippen LogP) is 0.745. The molecule has 0 radical (unpaired) electrons. The molecule has 0 aromatic rings. The molecule has 0 aromatic carbocycles. The van der Waals surface area contributed by atoms with Crippen LogP contribution >= 0.6 is 0 Å². The Morgan fingerprint density at radius 3 is 2.87 bits per heavy atom. The number of carbonyl (C=O) groups excluding carboxylic acids is 1. The van der Waals surface area contributed by atoms with Gasteiger partial charge in [0.1, 0.15) is 6.04 Å². The SMILES string of the molecule is CCNC(C#N)[C@@H]1C[C@@H](C)CN1C(C)=O. The van der Waals surface area contributed by atoms with E-state index in [1.54, 1.807) is 6.92 Å². The van der Waals surface area contributed by atoms with Crippen molar-refractivity contribution in [3.63, 3.8) is 0 Å². The van der Waals surface area contributed by atoms with Crippen LogP contribution in [-0.4, -0.2) is 36.0 Å². The van der Waals surface area contributed by atoms with Gasteiger partial charge in [-0.2, -0.15) is 5.26 Å². The molecule has 15 heavy (non-hydrogen) atoms. The molecule has 1 saturated heterocycles. The summed E-state index contributed by atoms with van der Waals surface area (Å²) in [5.74, 6) is 0.566. The van der Waals surface area contributed by atoms with Crippen molar-refractivity contribution in [1.82, 2.24) is 10.2 Å². The van der Waals surface area contributed by atoms with Crippen LogP contribution in [0.2, 0.25) is 0 Å². The molecule has 1 fully saturated rings. The summed E-state index contributed by atoms with van der Waals surface area (Å²) in [5, 5.41) is 12.2. The zero-order valence-electron chi connectivity index (χ0n) is 9.66. The van der Waals surface area contributed by atoms with Gasteiger partial charge in [0, 0.05) is 13.5 Å². The summed E-state index contributed by atoms with van der Waals surface area (Å²) in [7, 11) is 0. The third-order valence-electron chi connectivity index (χ3n) is 2.90. The predicted molar refractivity (Wildman–Crippen MR) is 58.0 cm³/mol. The number of nitrogens with one attached hydrogen (secondary N) is 1. The minimum absolute atomic E-state index is 0.0439. The van der Waals surface area contributed by atoms with E-state index in [0.717, 1.165) is 19.5 Å². The summed E-state index contributed by atoms with van der Waals surface area (Å²) in [6.45, 7) is 7.21. The van der Waals surface area contributed by atoms with Crippen LogP contribution in [0.3, 0.4) is 0 Å². The molecule has 1 N–H and O–H groups in total. The minimum atomic E-state index is -0.233. The average molecular weight is 209 g/mol. The van der Waals surface area contributed by atoms with E-state index >= 15 is 0 Å². The third kappa shape index (κ3) is 2.69. The highest BCUT2D eigenvalue weighted by atomic mass is 16.2. The number of hydrogen-bond donors (Lipinski definition) is 1. The molecule has 1 rings (SSSR count). The lowest BCUT2D eigenvalue weighted by Gasteiger charge is -2.27. The molecule has 4 nitrogen and oxygen atoms in total. The topological polar surface area (TPSA) is 56.1 Å². The number of nitrogens with zero attached hydrogens (tertiary/aromatic N) is 2. The summed E-state index contributed by atoms with van der Waals surface area (Å²) < 4.78 is 0. The lowest BCUT2D eigenvalue weighted by molar-refractivity contribution is -0.130. The number of amides is 1. The molecule has 1 aliphatic heterocycles. The highest BCUT2D eigenvalue weighted by Crippen LogP contribution is 2.25. The molecule has 1 unspecified atom stereocenters. The van der Waals surface area contributed by atoms with Gasteiger partial charge in [-0.1, -0.05) is 13.8 Å². The Hall–Kier alpha value is -1.08. The van der Waals surface area contributed by atoms with Gasteiger partial charge in [0.05, 0.1) is 12.1 Å². The second-order valence-corrected chi connectivity index (χ2v) is 4.24. The van der Waals surface area contributed by atoms with Crippen molar-refractivity contribution in [2.75, 3.05) is 13.1 Å². The quantitative estimate of drug-likeness (QED) is 0.746. The van der Waals surface area contributed by atoms with Gasteiger partial charge in [0.25, 0.3) is 0 Å². The number of carbonyl (C=O) groups is 1. The first-order valence-corrected chi connectivity index (χ1v) is 5.50. The first-order valence-electron chi connectivity index (χ1n) is 5.50. The van der Waals surface area contributed by atoms with E-state index in [1.165, 1.54) is 0 Å². The minimum Gasteiger partial charge on any atom is -0.337 e. The van der Waals surface area contributed by atoms with Crippen LogP contribution in [-0.2, 0) is 4.79 Å². The molecule has 0 aliphatic carbocycles. The highest BCUT2D eigenvalue weighted by Gasteiger charge is 2.36. The third-order valence-corrected chi connectivity index (χ3v) is 2.90. The molecule has 1 heterocycles. The monoisotopic (exact) mass is 209 g/mol. The second-order valence-electron chi connectivity index (χ2n) is 4.24.